The van der Waals surface area contributed by atoms with Crippen LogP contribution in [0.2, 0.25) is 0 Å². The summed E-state index contributed by atoms with van der Waals surface area (Å²) in [6.45, 7) is 3.26. The van der Waals surface area contributed by atoms with Crippen LogP contribution in [0.15, 0.2) is 77.3 Å². The number of hydrogen-bond donors (Lipinski definition) is 0. The summed E-state index contributed by atoms with van der Waals surface area (Å²) in [4.78, 5) is 16.1. The van der Waals surface area contributed by atoms with E-state index in [0.717, 1.165) is 66.8 Å². The zero-order chi connectivity index (χ0) is 22.0. The minimum atomic E-state index is -0.371. The molecule has 0 N–H and O–H groups in total. The third kappa shape index (κ3) is 4.02. The Bertz CT molecular complexity index is 1100. The van der Waals surface area contributed by atoms with Crippen molar-refractivity contribution in [2.24, 2.45) is 5.92 Å². The summed E-state index contributed by atoms with van der Waals surface area (Å²) >= 11 is 0. The first-order chi connectivity index (χ1) is 15.7. The zero-order valence-corrected chi connectivity index (χ0v) is 18.7. The number of amides is 1. The molecule has 0 radical (unpaired) electrons. The van der Waals surface area contributed by atoms with Gasteiger partial charge >= 0.3 is 0 Å². The van der Waals surface area contributed by atoms with Crippen LogP contribution in [-0.2, 0) is 16.8 Å². The predicted molar refractivity (Wildman–Crippen MR) is 126 cm³/mol. The van der Waals surface area contributed by atoms with Gasteiger partial charge in [-0.1, -0.05) is 78.0 Å². The van der Waals surface area contributed by atoms with E-state index < -0.39 is 0 Å². The molecule has 1 heterocycles. The minimum Gasteiger partial charge on any atom is -0.361 e. The number of hydrogen-bond acceptors (Lipinski definition) is 3. The van der Waals surface area contributed by atoms with E-state index in [0.29, 0.717) is 12.5 Å². The van der Waals surface area contributed by atoms with Crippen molar-refractivity contribution in [3.8, 4) is 11.3 Å². The van der Waals surface area contributed by atoms with Crippen molar-refractivity contribution in [2.75, 3.05) is 6.54 Å². The van der Waals surface area contributed by atoms with Gasteiger partial charge in [0, 0.05) is 17.7 Å². The third-order valence-corrected chi connectivity index (χ3v) is 7.01. The van der Waals surface area contributed by atoms with Gasteiger partial charge in [0.15, 0.2) is 0 Å². The summed E-state index contributed by atoms with van der Waals surface area (Å²) in [7, 11) is 0. The first kappa shape index (κ1) is 20.7. The standard InChI is InChI=1S/C28H30N2O2/c1-21-25(26(29-32-21)23-13-7-3-8-14-23)20-30(19-22-11-5-2-6-12-22)27(31)28(17-18-28)24-15-9-4-10-16-24/h2-5,7-10,13-16,22H,6,11-12,17-20H2,1H3/t22-/m1/s1. The molecule has 0 bridgehead atoms. The highest BCUT2D eigenvalue weighted by Gasteiger charge is 2.53. The predicted octanol–water partition coefficient (Wildman–Crippen LogP) is 6.07. The molecule has 4 nitrogen and oxygen atoms in total. The molecule has 0 aliphatic heterocycles. The number of carbonyl (C=O) groups is 1. The molecule has 1 saturated carbocycles. The van der Waals surface area contributed by atoms with Crippen LogP contribution in [-0.4, -0.2) is 22.5 Å². The molecular weight excluding hydrogens is 396 g/mol. The highest BCUT2D eigenvalue weighted by atomic mass is 16.5. The first-order valence-electron chi connectivity index (χ1n) is 11.7. The van der Waals surface area contributed by atoms with Crippen LogP contribution in [0, 0.1) is 12.8 Å². The van der Waals surface area contributed by atoms with Gasteiger partial charge in [-0.15, -0.1) is 0 Å². The average molecular weight is 427 g/mol. The minimum absolute atomic E-state index is 0.248. The molecule has 4 heteroatoms. The Kier molecular flexibility index (Phi) is 5.69. The van der Waals surface area contributed by atoms with Crippen molar-refractivity contribution in [1.82, 2.24) is 10.1 Å². The number of nitrogens with zero attached hydrogens (tertiary/aromatic N) is 2. The van der Waals surface area contributed by atoms with Crippen molar-refractivity contribution in [3.05, 3.63) is 89.7 Å². The van der Waals surface area contributed by atoms with Gasteiger partial charge in [0.2, 0.25) is 5.91 Å². The number of allylic oxidation sites excluding steroid dienone is 2. The molecule has 3 aromatic rings. The molecule has 1 atom stereocenters. The van der Waals surface area contributed by atoms with E-state index in [1.165, 1.54) is 0 Å². The zero-order valence-electron chi connectivity index (χ0n) is 18.7. The van der Waals surface area contributed by atoms with Gasteiger partial charge in [0.1, 0.15) is 11.5 Å². The summed E-state index contributed by atoms with van der Waals surface area (Å²) in [6, 6.07) is 20.4. The molecule has 1 aromatic heterocycles. The maximum atomic E-state index is 14.0. The van der Waals surface area contributed by atoms with Crippen LogP contribution < -0.4 is 0 Å². The Morgan fingerprint density at radius 2 is 1.78 bits per heavy atom. The van der Waals surface area contributed by atoms with Gasteiger partial charge in [0.05, 0.1) is 12.0 Å². The third-order valence-electron chi connectivity index (χ3n) is 7.01. The molecule has 164 valence electrons. The maximum Gasteiger partial charge on any atom is 0.233 e. The Morgan fingerprint density at radius 3 is 2.44 bits per heavy atom. The molecule has 2 aromatic carbocycles. The lowest BCUT2D eigenvalue weighted by atomic mass is 9.90. The normalized spacial score (nSPS) is 19.0. The fourth-order valence-corrected chi connectivity index (χ4v) is 4.96. The summed E-state index contributed by atoms with van der Waals surface area (Å²) in [6.07, 6.45) is 9.63. The second-order valence-corrected chi connectivity index (χ2v) is 9.22. The van der Waals surface area contributed by atoms with E-state index in [1.54, 1.807) is 0 Å². The fourth-order valence-electron chi connectivity index (χ4n) is 4.96. The molecule has 1 fully saturated rings. The molecule has 2 aliphatic carbocycles. The highest BCUT2D eigenvalue weighted by molar-refractivity contribution is 5.91. The monoisotopic (exact) mass is 426 g/mol. The van der Waals surface area contributed by atoms with Crippen LogP contribution in [0.3, 0.4) is 0 Å². The average Bonchev–Trinajstić information content (AvgIpc) is 3.59. The summed E-state index contributed by atoms with van der Waals surface area (Å²) in [5.41, 5.74) is 3.65. The van der Waals surface area contributed by atoms with Crippen LogP contribution in [0.1, 0.15) is 49.0 Å². The van der Waals surface area contributed by atoms with Gasteiger partial charge in [0.25, 0.3) is 0 Å². The smallest absolute Gasteiger partial charge is 0.233 e. The SMILES string of the molecule is Cc1onc(-c2ccccc2)c1CN(C[C@@H]1CC=CCC1)C(=O)C1(c2ccccc2)CC1. The molecule has 0 unspecified atom stereocenters. The Hall–Kier alpha value is -3.14. The largest absolute Gasteiger partial charge is 0.361 e. The quantitative estimate of drug-likeness (QED) is 0.431. The van der Waals surface area contributed by atoms with Crippen molar-refractivity contribution in [3.63, 3.8) is 0 Å². The fraction of sp³-hybridized carbons (Fsp3) is 0.357. The topological polar surface area (TPSA) is 46.3 Å². The molecule has 5 rings (SSSR count). The van der Waals surface area contributed by atoms with Crippen LogP contribution in [0.4, 0.5) is 0 Å². The molecule has 0 spiro atoms. The lowest BCUT2D eigenvalue weighted by Crippen LogP contribution is -2.42. The van der Waals surface area contributed by atoms with E-state index >= 15 is 0 Å². The Labute approximate surface area is 189 Å². The van der Waals surface area contributed by atoms with Gasteiger partial charge in [-0.3, -0.25) is 4.79 Å². The Morgan fingerprint density at radius 1 is 1.06 bits per heavy atom. The maximum absolute atomic E-state index is 14.0. The van der Waals surface area contributed by atoms with Crippen molar-refractivity contribution in [1.29, 1.82) is 0 Å². The summed E-state index contributed by atoms with van der Waals surface area (Å²) in [5.74, 6) is 1.53. The molecular formula is C28H30N2O2. The van der Waals surface area contributed by atoms with Crippen molar-refractivity contribution < 1.29 is 9.32 Å². The molecule has 32 heavy (non-hydrogen) atoms. The van der Waals surface area contributed by atoms with E-state index in [-0.39, 0.29) is 11.3 Å². The lowest BCUT2D eigenvalue weighted by Gasteiger charge is -2.32. The van der Waals surface area contributed by atoms with Gasteiger partial charge < -0.3 is 9.42 Å². The van der Waals surface area contributed by atoms with Gasteiger partial charge in [-0.05, 0) is 50.5 Å². The molecule has 2 aliphatic rings. The van der Waals surface area contributed by atoms with E-state index in [1.807, 2.05) is 55.5 Å². The van der Waals surface area contributed by atoms with Gasteiger partial charge in [-0.2, -0.15) is 0 Å². The molecule has 0 saturated heterocycles. The van der Waals surface area contributed by atoms with Crippen molar-refractivity contribution >= 4 is 5.91 Å². The number of aromatic nitrogens is 1. The van der Waals surface area contributed by atoms with E-state index in [2.05, 4.69) is 34.3 Å². The second kappa shape index (κ2) is 8.78. The van der Waals surface area contributed by atoms with E-state index in [4.69, 9.17) is 4.52 Å². The number of aryl methyl sites for hydroxylation is 1. The summed E-state index contributed by atoms with van der Waals surface area (Å²) in [5, 5.41) is 4.36. The first-order valence-corrected chi connectivity index (χ1v) is 11.7. The van der Waals surface area contributed by atoms with Crippen LogP contribution in [0.25, 0.3) is 11.3 Å². The van der Waals surface area contributed by atoms with Crippen molar-refractivity contribution in [2.45, 2.75) is 51.0 Å². The van der Waals surface area contributed by atoms with Gasteiger partial charge in [-0.25, -0.2) is 0 Å². The number of rotatable bonds is 7. The van der Waals surface area contributed by atoms with E-state index in [9.17, 15) is 4.79 Å². The summed E-state index contributed by atoms with van der Waals surface area (Å²) < 4.78 is 5.61. The highest BCUT2D eigenvalue weighted by Crippen LogP contribution is 2.50. The second-order valence-electron chi connectivity index (χ2n) is 9.22. The van der Waals surface area contributed by atoms with Crippen LogP contribution >= 0.6 is 0 Å². The number of benzene rings is 2. The molecule has 1 amide bonds. The van der Waals surface area contributed by atoms with Crippen LogP contribution in [0.5, 0.6) is 0 Å². The Balaban J connectivity index is 1.47. The lowest BCUT2D eigenvalue weighted by molar-refractivity contribution is -0.135. The number of carbonyl (C=O) groups excluding carboxylic acids is 1.